The molecule has 7 heteroatoms. The van der Waals surface area contributed by atoms with Crippen molar-refractivity contribution in [1.82, 2.24) is 19.8 Å². The number of aliphatic hydroxyl groups is 1. The third kappa shape index (κ3) is 1.36. The van der Waals surface area contributed by atoms with Crippen molar-refractivity contribution in [2.24, 2.45) is 0 Å². The number of nitrogens with zero attached hydrogens (tertiary/aromatic N) is 4. The first-order valence-corrected chi connectivity index (χ1v) is 5.11. The number of aromatic nitrogens is 4. The molecular formula is C9H11N5O2. The molecule has 2 N–H and O–H groups in total. The fourth-order valence-electron chi connectivity index (χ4n) is 1.91. The van der Waals surface area contributed by atoms with Crippen molar-refractivity contribution in [1.29, 1.82) is 0 Å². The van der Waals surface area contributed by atoms with Crippen molar-refractivity contribution in [3.8, 4) is 0 Å². The third-order valence-electron chi connectivity index (χ3n) is 2.75. The lowest BCUT2D eigenvalue weighted by atomic mass is 10.3. The van der Waals surface area contributed by atoms with Gasteiger partial charge in [-0.2, -0.15) is 9.61 Å². The number of fused-ring (bicyclic) bond motifs is 1. The van der Waals surface area contributed by atoms with Gasteiger partial charge in [0.15, 0.2) is 5.65 Å². The van der Waals surface area contributed by atoms with Gasteiger partial charge in [-0.3, -0.25) is 0 Å². The van der Waals surface area contributed by atoms with Gasteiger partial charge in [-0.25, -0.2) is 9.89 Å². The molecule has 7 nitrogen and oxygen atoms in total. The molecule has 84 valence electrons. The largest absolute Gasteiger partial charge is 0.391 e. The van der Waals surface area contributed by atoms with E-state index in [0.29, 0.717) is 18.0 Å². The molecule has 1 aliphatic rings. The number of hydrogen-bond donors (Lipinski definition) is 2. The molecule has 1 fully saturated rings. The minimum Gasteiger partial charge on any atom is -0.391 e. The molecule has 0 radical (unpaired) electrons. The molecule has 0 bridgehead atoms. The van der Waals surface area contributed by atoms with Gasteiger partial charge in [-0.1, -0.05) is 0 Å². The fourth-order valence-corrected chi connectivity index (χ4v) is 1.91. The summed E-state index contributed by atoms with van der Waals surface area (Å²) in [5.74, 6) is 0.688. The zero-order valence-corrected chi connectivity index (χ0v) is 8.50. The maximum atomic E-state index is 11.3. The lowest BCUT2D eigenvalue weighted by Crippen LogP contribution is -2.24. The number of anilines is 1. The van der Waals surface area contributed by atoms with Crippen molar-refractivity contribution >= 4 is 11.5 Å². The smallest absolute Gasteiger partial charge is 0.364 e. The molecule has 1 aliphatic heterocycles. The summed E-state index contributed by atoms with van der Waals surface area (Å²) in [6, 6.07) is 3.53. The Hall–Kier alpha value is -1.89. The molecule has 16 heavy (non-hydrogen) atoms. The minimum atomic E-state index is -0.350. The predicted octanol–water partition coefficient (Wildman–Crippen LogP) is -1.01. The van der Waals surface area contributed by atoms with Crippen LogP contribution in [-0.2, 0) is 0 Å². The number of aromatic amines is 1. The van der Waals surface area contributed by atoms with Crippen LogP contribution in [0.2, 0.25) is 0 Å². The topological polar surface area (TPSA) is 86.5 Å². The molecule has 1 atom stereocenters. The Morgan fingerprint density at radius 2 is 2.38 bits per heavy atom. The Labute approximate surface area is 90.3 Å². The molecule has 0 spiro atoms. The van der Waals surface area contributed by atoms with Gasteiger partial charge in [-0.15, -0.1) is 5.10 Å². The van der Waals surface area contributed by atoms with Crippen LogP contribution >= 0.6 is 0 Å². The van der Waals surface area contributed by atoms with Gasteiger partial charge in [0.25, 0.3) is 0 Å². The highest BCUT2D eigenvalue weighted by Crippen LogP contribution is 2.17. The summed E-state index contributed by atoms with van der Waals surface area (Å²) in [7, 11) is 0. The molecule has 3 rings (SSSR count). The molecule has 0 aromatic carbocycles. The summed E-state index contributed by atoms with van der Waals surface area (Å²) in [6.45, 7) is 1.32. The maximum Gasteiger partial charge on any atom is 0.364 e. The standard InChI is InChI=1S/C9H11N5O2/c15-6-3-4-13(5-6)8-2-1-7-10-11-9(16)14(7)12-8/h1-2,6,15H,3-5H2,(H,11,16). The SMILES string of the molecule is O=c1[nH]nc2ccc(N3CCC(O)C3)nn12. The lowest BCUT2D eigenvalue weighted by Gasteiger charge is -2.15. The van der Waals surface area contributed by atoms with Crippen molar-refractivity contribution in [2.75, 3.05) is 18.0 Å². The van der Waals surface area contributed by atoms with Crippen LogP contribution in [-0.4, -0.2) is 44.1 Å². The average molecular weight is 221 g/mol. The molecule has 3 heterocycles. The van der Waals surface area contributed by atoms with E-state index in [1.54, 1.807) is 12.1 Å². The summed E-state index contributed by atoms with van der Waals surface area (Å²) in [5, 5.41) is 19.7. The fraction of sp³-hybridized carbons (Fsp3) is 0.444. The Morgan fingerprint density at radius 3 is 3.12 bits per heavy atom. The maximum absolute atomic E-state index is 11.3. The lowest BCUT2D eigenvalue weighted by molar-refractivity contribution is 0.198. The van der Waals surface area contributed by atoms with Gasteiger partial charge in [0.1, 0.15) is 5.82 Å². The van der Waals surface area contributed by atoms with Gasteiger partial charge in [0, 0.05) is 13.1 Å². The summed E-state index contributed by atoms with van der Waals surface area (Å²) in [4.78, 5) is 13.3. The van der Waals surface area contributed by atoms with Crippen molar-refractivity contribution in [2.45, 2.75) is 12.5 Å². The quantitative estimate of drug-likeness (QED) is 0.644. The first-order valence-electron chi connectivity index (χ1n) is 5.11. The molecule has 2 aromatic heterocycles. The van der Waals surface area contributed by atoms with Crippen LogP contribution in [0.4, 0.5) is 5.82 Å². The molecule has 1 saturated heterocycles. The second-order valence-corrected chi connectivity index (χ2v) is 3.88. The number of nitrogens with one attached hydrogen (secondary N) is 1. The molecule has 1 unspecified atom stereocenters. The van der Waals surface area contributed by atoms with Crippen LogP contribution in [0.25, 0.3) is 5.65 Å². The van der Waals surface area contributed by atoms with Crippen LogP contribution in [0, 0.1) is 0 Å². The van der Waals surface area contributed by atoms with E-state index in [1.165, 1.54) is 4.52 Å². The van der Waals surface area contributed by atoms with E-state index in [1.807, 2.05) is 4.90 Å². The van der Waals surface area contributed by atoms with E-state index in [9.17, 15) is 9.90 Å². The Kier molecular flexibility index (Phi) is 1.93. The van der Waals surface area contributed by atoms with E-state index >= 15 is 0 Å². The molecule has 0 amide bonds. The van der Waals surface area contributed by atoms with Crippen LogP contribution < -0.4 is 10.6 Å². The zero-order chi connectivity index (χ0) is 11.1. The normalized spacial score (nSPS) is 20.8. The van der Waals surface area contributed by atoms with Gasteiger partial charge >= 0.3 is 5.69 Å². The van der Waals surface area contributed by atoms with E-state index in [-0.39, 0.29) is 11.8 Å². The number of β-amino-alcohol motifs (C(OH)–C–C–N with tert-alkyl or cyclic N) is 1. The summed E-state index contributed by atoms with van der Waals surface area (Å²) < 4.78 is 1.22. The summed E-state index contributed by atoms with van der Waals surface area (Å²) >= 11 is 0. The average Bonchev–Trinajstić information content (AvgIpc) is 2.86. The van der Waals surface area contributed by atoms with E-state index in [0.717, 1.165) is 13.0 Å². The van der Waals surface area contributed by atoms with Crippen LogP contribution in [0.5, 0.6) is 0 Å². The highest BCUT2D eigenvalue weighted by Gasteiger charge is 2.21. The Bertz CT molecular complexity index is 575. The first-order chi connectivity index (χ1) is 7.74. The molecule has 0 saturated carbocycles. The van der Waals surface area contributed by atoms with E-state index in [2.05, 4.69) is 15.3 Å². The number of H-pyrrole nitrogens is 1. The van der Waals surface area contributed by atoms with Crippen LogP contribution in [0.15, 0.2) is 16.9 Å². The second kappa shape index (κ2) is 3.31. The molecule has 2 aromatic rings. The van der Waals surface area contributed by atoms with Crippen molar-refractivity contribution in [3.63, 3.8) is 0 Å². The molecular weight excluding hydrogens is 210 g/mol. The number of rotatable bonds is 1. The molecule has 0 aliphatic carbocycles. The van der Waals surface area contributed by atoms with Crippen molar-refractivity contribution in [3.05, 3.63) is 22.6 Å². The third-order valence-corrected chi connectivity index (χ3v) is 2.75. The Balaban J connectivity index is 2.04. The Morgan fingerprint density at radius 1 is 1.50 bits per heavy atom. The monoisotopic (exact) mass is 221 g/mol. The number of hydrogen-bond acceptors (Lipinski definition) is 5. The van der Waals surface area contributed by atoms with Gasteiger partial charge < -0.3 is 10.0 Å². The van der Waals surface area contributed by atoms with Gasteiger partial charge in [0.2, 0.25) is 0 Å². The zero-order valence-electron chi connectivity index (χ0n) is 8.50. The van der Waals surface area contributed by atoms with E-state index in [4.69, 9.17) is 0 Å². The number of aliphatic hydroxyl groups excluding tert-OH is 1. The van der Waals surface area contributed by atoms with Gasteiger partial charge in [0.05, 0.1) is 6.10 Å². The van der Waals surface area contributed by atoms with Crippen molar-refractivity contribution < 1.29 is 5.11 Å². The predicted molar refractivity (Wildman–Crippen MR) is 56.4 cm³/mol. The summed E-state index contributed by atoms with van der Waals surface area (Å²) in [5.41, 5.74) is 0.144. The highest BCUT2D eigenvalue weighted by atomic mass is 16.3. The van der Waals surface area contributed by atoms with Crippen LogP contribution in [0.1, 0.15) is 6.42 Å². The summed E-state index contributed by atoms with van der Waals surface area (Å²) in [6.07, 6.45) is 0.429. The minimum absolute atomic E-state index is 0.307. The van der Waals surface area contributed by atoms with E-state index < -0.39 is 0 Å². The second-order valence-electron chi connectivity index (χ2n) is 3.88. The first kappa shape index (κ1) is 9.34. The highest BCUT2D eigenvalue weighted by molar-refractivity contribution is 5.45. The van der Waals surface area contributed by atoms with Gasteiger partial charge in [-0.05, 0) is 18.6 Å². The van der Waals surface area contributed by atoms with Crippen LogP contribution in [0.3, 0.4) is 0 Å².